The first-order valence-electron chi connectivity index (χ1n) is 6.35. The molecule has 0 N–H and O–H groups in total. The van der Waals surface area contributed by atoms with Crippen LogP contribution < -0.4 is 0 Å². The highest BCUT2D eigenvalue weighted by Gasteiger charge is 2.33. The highest BCUT2D eigenvalue weighted by Crippen LogP contribution is 2.29. The molecule has 0 radical (unpaired) electrons. The van der Waals surface area contributed by atoms with E-state index in [9.17, 15) is 4.79 Å². The van der Waals surface area contributed by atoms with Gasteiger partial charge in [-0.2, -0.15) is 0 Å². The van der Waals surface area contributed by atoms with Gasteiger partial charge in [-0.15, -0.1) is 0 Å². The summed E-state index contributed by atoms with van der Waals surface area (Å²) >= 11 is 0. The Balaban J connectivity index is 4.66. The zero-order chi connectivity index (χ0) is 12.6. The molecule has 0 aliphatic carbocycles. The number of hydrogen-bond acceptors (Lipinski definition) is 3. The van der Waals surface area contributed by atoms with Crippen LogP contribution >= 0.6 is 0 Å². The minimum Gasteiger partial charge on any atom is -0.466 e. The molecule has 0 bridgehead atoms. The van der Waals surface area contributed by atoms with Gasteiger partial charge >= 0.3 is 5.97 Å². The average Bonchev–Trinajstić information content (AvgIpc) is 2.18. The summed E-state index contributed by atoms with van der Waals surface area (Å²) in [7, 11) is 4.12. The van der Waals surface area contributed by atoms with Gasteiger partial charge in [0.05, 0.1) is 13.0 Å². The minimum absolute atomic E-state index is 0.0181. The molecule has 0 atom stereocenters. The predicted molar refractivity (Wildman–Crippen MR) is 67.5 cm³/mol. The first kappa shape index (κ1) is 15.4. The van der Waals surface area contributed by atoms with E-state index < -0.39 is 0 Å². The first-order chi connectivity index (χ1) is 7.52. The first-order valence-corrected chi connectivity index (χ1v) is 6.35. The lowest BCUT2D eigenvalue weighted by atomic mass is 9.84. The number of carbonyl (C=O) groups is 1. The van der Waals surface area contributed by atoms with Crippen molar-refractivity contribution in [2.75, 3.05) is 20.7 Å². The summed E-state index contributed by atoms with van der Waals surface area (Å²) in [6, 6.07) is 0. The van der Waals surface area contributed by atoms with Crippen LogP contribution in [0.25, 0.3) is 0 Å². The van der Waals surface area contributed by atoms with Gasteiger partial charge in [-0.1, -0.05) is 26.7 Å². The third kappa shape index (κ3) is 4.52. The van der Waals surface area contributed by atoms with E-state index >= 15 is 0 Å². The molecule has 0 fully saturated rings. The largest absolute Gasteiger partial charge is 0.466 e. The van der Waals surface area contributed by atoms with Crippen molar-refractivity contribution >= 4 is 5.97 Å². The summed E-state index contributed by atoms with van der Waals surface area (Å²) < 4.78 is 5.07. The highest BCUT2D eigenvalue weighted by atomic mass is 16.5. The number of carbonyl (C=O) groups excluding carboxylic acids is 1. The van der Waals surface area contributed by atoms with Crippen LogP contribution in [0.5, 0.6) is 0 Å². The number of rotatable bonds is 8. The monoisotopic (exact) mass is 229 g/mol. The maximum Gasteiger partial charge on any atom is 0.307 e. The predicted octanol–water partition coefficient (Wildman–Crippen LogP) is 2.84. The van der Waals surface area contributed by atoms with Gasteiger partial charge in [0.1, 0.15) is 0 Å². The molecule has 0 aliphatic rings. The fourth-order valence-corrected chi connectivity index (χ4v) is 2.32. The van der Waals surface area contributed by atoms with Gasteiger partial charge in [-0.25, -0.2) is 0 Å². The summed E-state index contributed by atoms with van der Waals surface area (Å²) in [6.07, 6.45) is 4.80. The molecular weight excluding hydrogens is 202 g/mol. The van der Waals surface area contributed by atoms with Crippen LogP contribution in [0, 0.1) is 0 Å². The molecule has 0 rings (SSSR count). The number of nitrogens with zero attached hydrogens (tertiary/aromatic N) is 1. The lowest BCUT2D eigenvalue weighted by Gasteiger charge is -2.39. The van der Waals surface area contributed by atoms with Crippen molar-refractivity contribution in [2.45, 2.75) is 58.4 Å². The third-order valence-corrected chi connectivity index (χ3v) is 3.16. The van der Waals surface area contributed by atoms with Gasteiger partial charge in [-0.05, 0) is 33.9 Å². The summed E-state index contributed by atoms with van der Waals surface area (Å²) in [5.41, 5.74) is -0.0181. The second-order valence-corrected chi connectivity index (χ2v) is 4.60. The minimum atomic E-state index is -0.0712. The van der Waals surface area contributed by atoms with Crippen molar-refractivity contribution in [3.8, 4) is 0 Å². The molecule has 96 valence electrons. The van der Waals surface area contributed by atoms with Crippen LogP contribution in [0.15, 0.2) is 0 Å². The molecule has 0 aromatic heterocycles. The van der Waals surface area contributed by atoms with Gasteiger partial charge in [0.2, 0.25) is 0 Å². The standard InChI is InChI=1S/C13H27NO2/c1-6-9-13(10-7-2,14(4)5)11-12(15)16-8-3/h6-11H2,1-5H3. The SMILES string of the molecule is CCCC(CCC)(CC(=O)OCC)N(C)C. The smallest absolute Gasteiger partial charge is 0.307 e. The number of esters is 1. The van der Waals surface area contributed by atoms with E-state index in [1.807, 2.05) is 6.92 Å². The zero-order valence-electron chi connectivity index (χ0n) is 11.5. The zero-order valence-corrected chi connectivity index (χ0v) is 11.5. The average molecular weight is 229 g/mol. The molecule has 0 aromatic rings. The van der Waals surface area contributed by atoms with Gasteiger partial charge in [0.15, 0.2) is 0 Å². The Morgan fingerprint density at radius 1 is 1.12 bits per heavy atom. The van der Waals surface area contributed by atoms with E-state index in [2.05, 4.69) is 32.8 Å². The molecule has 0 saturated heterocycles. The lowest BCUT2D eigenvalue weighted by Crippen LogP contribution is -2.46. The van der Waals surface area contributed by atoms with Crippen molar-refractivity contribution in [1.82, 2.24) is 4.90 Å². The van der Waals surface area contributed by atoms with Crippen LogP contribution in [0.2, 0.25) is 0 Å². The Hall–Kier alpha value is -0.570. The molecule has 16 heavy (non-hydrogen) atoms. The van der Waals surface area contributed by atoms with Crippen LogP contribution in [-0.2, 0) is 9.53 Å². The molecule has 0 saturated carbocycles. The Morgan fingerprint density at radius 2 is 1.62 bits per heavy atom. The van der Waals surface area contributed by atoms with Crippen LogP contribution in [0.1, 0.15) is 52.9 Å². The summed E-state index contributed by atoms with van der Waals surface area (Å²) in [5.74, 6) is -0.0712. The molecule has 0 unspecified atom stereocenters. The number of ether oxygens (including phenoxy) is 1. The molecule has 3 nitrogen and oxygen atoms in total. The van der Waals surface area contributed by atoms with Crippen LogP contribution in [0.3, 0.4) is 0 Å². The Labute approximate surface area is 100 Å². The fourth-order valence-electron chi connectivity index (χ4n) is 2.32. The van der Waals surface area contributed by atoms with E-state index in [0.717, 1.165) is 25.7 Å². The maximum absolute atomic E-state index is 11.7. The van der Waals surface area contributed by atoms with Gasteiger partial charge in [-0.3, -0.25) is 4.79 Å². The van der Waals surface area contributed by atoms with Gasteiger partial charge < -0.3 is 9.64 Å². The van der Waals surface area contributed by atoms with Crippen LogP contribution in [0.4, 0.5) is 0 Å². The maximum atomic E-state index is 11.7. The number of hydrogen-bond donors (Lipinski definition) is 0. The molecule has 0 amide bonds. The quantitative estimate of drug-likeness (QED) is 0.599. The molecule has 0 aromatic carbocycles. The Bertz CT molecular complexity index is 196. The van der Waals surface area contributed by atoms with E-state index in [1.54, 1.807) is 0 Å². The van der Waals surface area contributed by atoms with Crippen molar-refractivity contribution in [3.63, 3.8) is 0 Å². The van der Waals surface area contributed by atoms with Crippen LogP contribution in [-0.4, -0.2) is 37.1 Å². The fraction of sp³-hybridized carbons (Fsp3) is 0.923. The van der Waals surface area contributed by atoms with Crippen molar-refractivity contribution < 1.29 is 9.53 Å². The lowest BCUT2D eigenvalue weighted by molar-refractivity contribution is -0.146. The van der Waals surface area contributed by atoms with Crippen molar-refractivity contribution in [2.24, 2.45) is 0 Å². The second kappa shape index (κ2) is 7.66. The molecule has 0 aliphatic heterocycles. The van der Waals surface area contributed by atoms with Crippen molar-refractivity contribution in [1.29, 1.82) is 0 Å². The molecule has 0 heterocycles. The summed E-state index contributed by atoms with van der Waals surface area (Å²) in [5, 5.41) is 0. The molecular formula is C13H27NO2. The van der Waals surface area contributed by atoms with E-state index in [0.29, 0.717) is 13.0 Å². The van der Waals surface area contributed by atoms with E-state index in [1.165, 1.54) is 0 Å². The summed E-state index contributed by atoms with van der Waals surface area (Å²) in [6.45, 7) is 6.66. The molecule has 3 heteroatoms. The highest BCUT2D eigenvalue weighted by molar-refractivity contribution is 5.70. The summed E-state index contributed by atoms with van der Waals surface area (Å²) in [4.78, 5) is 13.9. The van der Waals surface area contributed by atoms with E-state index in [-0.39, 0.29) is 11.5 Å². The van der Waals surface area contributed by atoms with Crippen molar-refractivity contribution in [3.05, 3.63) is 0 Å². The topological polar surface area (TPSA) is 29.5 Å². The molecule has 0 spiro atoms. The normalized spacial score (nSPS) is 11.9. The van der Waals surface area contributed by atoms with E-state index in [4.69, 9.17) is 4.74 Å². The van der Waals surface area contributed by atoms with Gasteiger partial charge in [0.25, 0.3) is 0 Å². The Morgan fingerprint density at radius 3 is 1.94 bits per heavy atom. The Kier molecular flexibility index (Phi) is 7.39. The third-order valence-electron chi connectivity index (χ3n) is 3.16. The second-order valence-electron chi connectivity index (χ2n) is 4.60. The van der Waals surface area contributed by atoms with Gasteiger partial charge in [0, 0.05) is 5.54 Å².